The molecule has 0 aliphatic heterocycles. The Kier molecular flexibility index (Phi) is 6.74. The van der Waals surface area contributed by atoms with Crippen LogP contribution in [-0.2, 0) is 24.4 Å². The first-order chi connectivity index (χ1) is 13.9. The fourth-order valence-electron chi connectivity index (χ4n) is 2.82. The third-order valence-corrected chi connectivity index (χ3v) is 5.18. The predicted molar refractivity (Wildman–Crippen MR) is 112 cm³/mol. The van der Waals surface area contributed by atoms with Gasteiger partial charge in [-0.15, -0.1) is 5.10 Å². The van der Waals surface area contributed by atoms with Crippen molar-refractivity contribution >= 4 is 34.8 Å². The number of carbonyl (C=O) groups excluding carboxylic acids is 1. The SMILES string of the molecule is COc1ccc(CO)cc1NC(=O)Cc1nnn(Cc2ccc(Cl)c(Cl)c2)c1C. The molecule has 0 saturated heterocycles. The molecule has 1 heterocycles. The first kappa shape index (κ1) is 21.1. The number of aliphatic hydroxyl groups excluding tert-OH is 1. The van der Waals surface area contributed by atoms with E-state index in [0.29, 0.717) is 39.3 Å². The lowest BCUT2D eigenvalue weighted by Crippen LogP contribution is -2.16. The number of aromatic nitrogens is 3. The molecule has 2 N–H and O–H groups in total. The molecule has 3 rings (SSSR count). The zero-order chi connectivity index (χ0) is 21.0. The van der Waals surface area contributed by atoms with Gasteiger partial charge in [-0.3, -0.25) is 4.79 Å². The highest BCUT2D eigenvalue weighted by atomic mass is 35.5. The van der Waals surface area contributed by atoms with Gasteiger partial charge in [-0.25, -0.2) is 4.68 Å². The smallest absolute Gasteiger partial charge is 0.230 e. The van der Waals surface area contributed by atoms with Gasteiger partial charge in [0.05, 0.1) is 53.8 Å². The number of nitrogens with one attached hydrogen (secondary N) is 1. The molecular weight excluding hydrogens is 415 g/mol. The molecule has 0 aliphatic rings. The van der Waals surface area contributed by atoms with Crippen molar-refractivity contribution in [3.05, 3.63) is 69.0 Å². The van der Waals surface area contributed by atoms with Gasteiger partial charge in [0.2, 0.25) is 5.91 Å². The minimum Gasteiger partial charge on any atom is -0.495 e. The number of hydrogen-bond acceptors (Lipinski definition) is 5. The summed E-state index contributed by atoms with van der Waals surface area (Å²) in [6, 6.07) is 10.5. The van der Waals surface area contributed by atoms with Gasteiger partial charge in [-0.05, 0) is 42.3 Å². The van der Waals surface area contributed by atoms with E-state index in [4.69, 9.17) is 27.9 Å². The van der Waals surface area contributed by atoms with Gasteiger partial charge in [0, 0.05) is 0 Å². The van der Waals surface area contributed by atoms with Crippen molar-refractivity contribution in [1.29, 1.82) is 0 Å². The summed E-state index contributed by atoms with van der Waals surface area (Å²) in [5.41, 5.74) is 3.44. The molecular formula is C20H20Cl2N4O3. The Morgan fingerprint density at radius 1 is 1.17 bits per heavy atom. The number of ether oxygens (including phenoxy) is 1. The van der Waals surface area contributed by atoms with E-state index < -0.39 is 0 Å². The highest BCUT2D eigenvalue weighted by Gasteiger charge is 2.15. The standard InChI is InChI=1S/C20H20Cl2N4O3/c1-12-17(24-25-26(12)10-13-3-5-15(21)16(22)7-13)9-20(28)23-18-8-14(11-27)4-6-19(18)29-2/h3-8,27H,9-11H2,1-2H3,(H,23,28). The summed E-state index contributed by atoms with van der Waals surface area (Å²) < 4.78 is 6.96. The number of methoxy groups -OCH3 is 1. The summed E-state index contributed by atoms with van der Waals surface area (Å²) >= 11 is 12.0. The van der Waals surface area contributed by atoms with E-state index >= 15 is 0 Å². The average Bonchev–Trinajstić information content (AvgIpc) is 3.04. The van der Waals surface area contributed by atoms with Crippen LogP contribution < -0.4 is 10.1 Å². The van der Waals surface area contributed by atoms with E-state index in [2.05, 4.69) is 15.6 Å². The number of carbonyl (C=O) groups is 1. The van der Waals surface area contributed by atoms with Crippen LogP contribution in [0.25, 0.3) is 0 Å². The van der Waals surface area contributed by atoms with Gasteiger partial charge in [-0.2, -0.15) is 0 Å². The van der Waals surface area contributed by atoms with Crippen LogP contribution >= 0.6 is 23.2 Å². The number of nitrogens with zero attached hydrogens (tertiary/aromatic N) is 3. The molecule has 9 heteroatoms. The summed E-state index contributed by atoms with van der Waals surface area (Å²) in [7, 11) is 1.52. The molecule has 0 fully saturated rings. The maximum absolute atomic E-state index is 12.5. The molecule has 0 bridgehead atoms. The molecule has 3 aromatic rings. The lowest BCUT2D eigenvalue weighted by atomic mass is 10.1. The van der Waals surface area contributed by atoms with E-state index in [1.807, 2.05) is 13.0 Å². The van der Waals surface area contributed by atoms with Crippen LogP contribution in [0.3, 0.4) is 0 Å². The van der Waals surface area contributed by atoms with Crippen molar-refractivity contribution in [2.75, 3.05) is 12.4 Å². The van der Waals surface area contributed by atoms with Crippen molar-refractivity contribution in [1.82, 2.24) is 15.0 Å². The lowest BCUT2D eigenvalue weighted by Gasteiger charge is -2.11. The number of amides is 1. The third kappa shape index (κ3) is 5.06. The van der Waals surface area contributed by atoms with Crippen LogP contribution in [0.2, 0.25) is 10.0 Å². The van der Waals surface area contributed by atoms with Crippen molar-refractivity contribution in [3.63, 3.8) is 0 Å². The van der Waals surface area contributed by atoms with Crippen LogP contribution in [0.1, 0.15) is 22.5 Å². The quantitative estimate of drug-likeness (QED) is 0.592. The summed E-state index contributed by atoms with van der Waals surface area (Å²) in [5.74, 6) is 0.249. The Morgan fingerprint density at radius 3 is 2.62 bits per heavy atom. The van der Waals surface area contributed by atoms with E-state index in [1.165, 1.54) is 7.11 Å². The molecule has 152 valence electrons. The fraction of sp³-hybridized carbons (Fsp3) is 0.250. The van der Waals surface area contributed by atoms with Gasteiger partial charge in [0.25, 0.3) is 0 Å². The normalized spacial score (nSPS) is 10.8. The third-order valence-electron chi connectivity index (χ3n) is 4.44. The molecule has 7 nitrogen and oxygen atoms in total. The molecule has 0 atom stereocenters. The first-order valence-electron chi connectivity index (χ1n) is 8.81. The Labute approximate surface area is 178 Å². The van der Waals surface area contributed by atoms with Crippen molar-refractivity contribution in [2.24, 2.45) is 0 Å². The molecule has 0 saturated carbocycles. The lowest BCUT2D eigenvalue weighted by molar-refractivity contribution is -0.115. The minimum absolute atomic E-state index is 0.0553. The Morgan fingerprint density at radius 2 is 1.93 bits per heavy atom. The highest BCUT2D eigenvalue weighted by molar-refractivity contribution is 6.42. The number of benzene rings is 2. The summed E-state index contributed by atoms with van der Waals surface area (Å²) in [6.07, 6.45) is 0.0553. The van der Waals surface area contributed by atoms with Gasteiger partial charge in [0.1, 0.15) is 5.75 Å². The number of rotatable bonds is 7. The number of hydrogen-bond donors (Lipinski definition) is 2. The van der Waals surface area contributed by atoms with Crippen LogP contribution in [0.5, 0.6) is 5.75 Å². The van der Waals surface area contributed by atoms with Crippen molar-refractivity contribution in [3.8, 4) is 5.75 Å². The van der Waals surface area contributed by atoms with Gasteiger partial charge < -0.3 is 15.2 Å². The van der Waals surface area contributed by atoms with Gasteiger partial charge in [-0.1, -0.05) is 40.5 Å². The zero-order valence-corrected chi connectivity index (χ0v) is 17.5. The van der Waals surface area contributed by atoms with E-state index in [1.54, 1.807) is 35.0 Å². The molecule has 1 aromatic heterocycles. The van der Waals surface area contributed by atoms with E-state index in [9.17, 15) is 9.90 Å². The summed E-state index contributed by atoms with van der Waals surface area (Å²) in [6.45, 7) is 2.19. The van der Waals surface area contributed by atoms with E-state index in [-0.39, 0.29) is 18.9 Å². The maximum atomic E-state index is 12.5. The molecule has 0 unspecified atom stereocenters. The topological polar surface area (TPSA) is 89.3 Å². The minimum atomic E-state index is -0.261. The maximum Gasteiger partial charge on any atom is 0.230 e. The summed E-state index contributed by atoms with van der Waals surface area (Å²) in [4.78, 5) is 12.5. The number of anilines is 1. The van der Waals surface area contributed by atoms with Crippen molar-refractivity contribution in [2.45, 2.75) is 26.5 Å². The van der Waals surface area contributed by atoms with Crippen molar-refractivity contribution < 1.29 is 14.6 Å². The van der Waals surface area contributed by atoms with Gasteiger partial charge in [0.15, 0.2) is 0 Å². The van der Waals surface area contributed by atoms with Gasteiger partial charge >= 0.3 is 0 Å². The zero-order valence-electron chi connectivity index (χ0n) is 15.9. The Hall–Kier alpha value is -2.61. The molecule has 1 amide bonds. The predicted octanol–water partition coefficient (Wildman–Crippen LogP) is 3.62. The largest absolute Gasteiger partial charge is 0.495 e. The highest BCUT2D eigenvalue weighted by Crippen LogP contribution is 2.26. The average molecular weight is 435 g/mol. The molecule has 0 spiro atoms. The molecule has 2 aromatic carbocycles. The number of halogens is 2. The second kappa shape index (κ2) is 9.26. The Bertz CT molecular complexity index is 1040. The fourth-order valence-corrected chi connectivity index (χ4v) is 3.14. The van der Waals surface area contributed by atoms with E-state index in [0.717, 1.165) is 11.3 Å². The second-order valence-corrected chi connectivity index (χ2v) is 7.26. The monoisotopic (exact) mass is 434 g/mol. The number of aliphatic hydroxyl groups is 1. The Balaban J connectivity index is 1.71. The second-order valence-electron chi connectivity index (χ2n) is 6.45. The van der Waals surface area contributed by atoms with Crippen LogP contribution in [0.4, 0.5) is 5.69 Å². The van der Waals surface area contributed by atoms with Crippen LogP contribution in [0.15, 0.2) is 36.4 Å². The first-order valence-corrected chi connectivity index (χ1v) is 9.57. The molecule has 0 radical (unpaired) electrons. The van der Waals surface area contributed by atoms with Crippen LogP contribution in [-0.4, -0.2) is 33.1 Å². The molecule has 0 aliphatic carbocycles. The molecule has 29 heavy (non-hydrogen) atoms. The van der Waals surface area contributed by atoms with Crippen LogP contribution in [0, 0.1) is 6.92 Å². The summed E-state index contributed by atoms with van der Waals surface area (Å²) in [5, 5.41) is 21.3.